The van der Waals surface area contributed by atoms with Gasteiger partial charge < -0.3 is 4.57 Å². The molecule has 0 saturated carbocycles. The number of rotatable bonds is 3. The van der Waals surface area contributed by atoms with Crippen LogP contribution in [0.3, 0.4) is 0 Å². The first-order valence-corrected chi connectivity index (χ1v) is 11.0. The van der Waals surface area contributed by atoms with Crippen LogP contribution in [0.5, 0.6) is 0 Å². The van der Waals surface area contributed by atoms with Gasteiger partial charge in [-0.3, -0.25) is 0 Å². The van der Waals surface area contributed by atoms with Crippen molar-refractivity contribution in [2.24, 2.45) is 0 Å². The van der Waals surface area contributed by atoms with E-state index in [1.54, 1.807) is 6.08 Å². The van der Waals surface area contributed by atoms with Gasteiger partial charge in [-0.25, -0.2) is 4.98 Å². The summed E-state index contributed by atoms with van der Waals surface area (Å²) < 4.78 is 2.44. The normalized spacial score (nSPS) is 13.8. The molecule has 1 aliphatic rings. The van der Waals surface area contributed by atoms with Crippen molar-refractivity contribution in [2.75, 3.05) is 0 Å². The predicted octanol–water partition coefficient (Wildman–Crippen LogP) is 7.77. The molecule has 0 saturated heterocycles. The van der Waals surface area contributed by atoms with Crippen LogP contribution in [0.4, 0.5) is 0 Å². The van der Waals surface area contributed by atoms with Crippen molar-refractivity contribution in [3.63, 3.8) is 0 Å². The Kier molecular flexibility index (Phi) is 3.85. The van der Waals surface area contributed by atoms with Crippen molar-refractivity contribution in [3.8, 4) is 16.9 Å². The second-order valence-electron chi connectivity index (χ2n) is 8.99. The van der Waals surface area contributed by atoms with Crippen LogP contribution in [0, 0.1) is 0 Å². The maximum Gasteiger partial charge on any atom is 0.0709 e. The second kappa shape index (κ2) is 6.54. The molecule has 0 unspecified atom stereocenters. The smallest absolute Gasteiger partial charge is 0.0709 e. The Balaban J connectivity index is 1.69. The first kappa shape index (κ1) is 18.8. The lowest BCUT2D eigenvalue weighted by atomic mass is 9.75. The lowest BCUT2D eigenvalue weighted by molar-refractivity contribution is 0.630. The summed E-state index contributed by atoms with van der Waals surface area (Å²) >= 11 is 0. The number of hydrogen-bond acceptors (Lipinski definition) is 1. The first-order chi connectivity index (χ1) is 15.5. The van der Waals surface area contributed by atoms with Gasteiger partial charge in [-0.15, -0.1) is 0 Å². The average Bonchev–Trinajstić information content (AvgIpc) is 3.16. The summed E-state index contributed by atoms with van der Waals surface area (Å²) in [7, 11) is 0. The van der Waals surface area contributed by atoms with E-state index in [1.165, 1.54) is 38.6 Å². The van der Waals surface area contributed by atoms with E-state index in [2.05, 4.69) is 104 Å². The minimum Gasteiger partial charge on any atom is -0.309 e. The van der Waals surface area contributed by atoms with Gasteiger partial charge in [0.25, 0.3) is 0 Å². The molecule has 154 valence electrons. The summed E-state index contributed by atoms with van der Waals surface area (Å²) in [6, 6.07) is 26.3. The number of aromatic nitrogens is 2. The summed E-state index contributed by atoms with van der Waals surface area (Å²) in [6.07, 6.45) is 3.61. The molecule has 3 aromatic carbocycles. The lowest BCUT2D eigenvalue weighted by Crippen LogP contribution is -2.26. The summed E-state index contributed by atoms with van der Waals surface area (Å²) in [5, 5.41) is 2.54. The zero-order valence-electron chi connectivity index (χ0n) is 18.4. The molecule has 2 heteroatoms. The van der Waals surface area contributed by atoms with E-state index < -0.39 is 0 Å². The van der Waals surface area contributed by atoms with Gasteiger partial charge in [-0.05, 0) is 47.0 Å². The van der Waals surface area contributed by atoms with Crippen LogP contribution in [0.15, 0.2) is 86.0 Å². The highest BCUT2D eigenvalue weighted by molar-refractivity contribution is 6.12. The highest BCUT2D eigenvalue weighted by Gasteiger charge is 2.34. The van der Waals surface area contributed by atoms with Gasteiger partial charge in [0.2, 0.25) is 0 Å². The van der Waals surface area contributed by atoms with Crippen LogP contribution >= 0.6 is 0 Å². The fraction of sp³-hybridized carbons (Fsp3) is 0.100. The highest BCUT2D eigenvalue weighted by atomic mass is 15.0. The number of hydrogen-bond donors (Lipinski definition) is 0. The van der Waals surface area contributed by atoms with Gasteiger partial charge >= 0.3 is 0 Å². The van der Waals surface area contributed by atoms with Crippen LogP contribution in [-0.2, 0) is 5.41 Å². The van der Waals surface area contributed by atoms with Gasteiger partial charge in [0.05, 0.1) is 28.1 Å². The molecule has 0 spiro atoms. The van der Waals surface area contributed by atoms with E-state index in [-0.39, 0.29) is 5.41 Å². The molecule has 0 fully saturated rings. The summed E-state index contributed by atoms with van der Waals surface area (Å²) in [4.78, 5) is 4.84. The van der Waals surface area contributed by atoms with E-state index in [9.17, 15) is 0 Å². The highest BCUT2D eigenvalue weighted by Crippen LogP contribution is 2.47. The summed E-state index contributed by atoms with van der Waals surface area (Å²) in [5.41, 5.74) is 10.4. The van der Waals surface area contributed by atoms with E-state index >= 15 is 0 Å². The van der Waals surface area contributed by atoms with Gasteiger partial charge in [0.1, 0.15) is 0 Å². The fourth-order valence-corrected chi connectivity index (χ4v) is 5.31. The van der Waals surface area contributed by atoms with Gasteiger partial charge in [-0.2, -0.15) is 0 Å². The maximum atomic E-state index is 4.84. The Morgan fingerprint density at radius 3 is 2.44 bits per heavy atom. The van der Waals surface area contributed by atoms with E-state index in [4.69, 9.17) is 4.98 Å². The van der Waals surface area contributed by atoms with Crippen molar-refractivity contribution < 1.29 is 0 Å². The van der Waals surface area contributed by atoms with Crippen molar-refractivity contribution in [1.82, 2.24) is 9.55 Å². The Labute approximate surface area is 188 Å². The number of para-hydroxylation sites is 2. The van der Waals surface area contributed by atoms with E-state index in [0.717, 1.165) is 22.5 Å². The summed E-state index contributed by atoms with van der Waals surface area (Å²) in [5.74, 6) is 0. The number of benzene rings is 3. The van der Waals surface area contributed by atoms with Crippen LogP contribution in [0.25, 0.3) is 50.9 Å². The number of nitrogens with zero attached hydrogens (tertiary/aromatic N) is 2. The van der Waals surface area contributed by atoms with E-state index in [1.807, 2.05) is 6.08 Å². The fourth-order valence-electron chi connectivity index (χ4n) is 5.31. The van der Waals surface area contributed by atoms with Crippen LogP contribution < -0.4 is 0 Å². The molecule has 0 amide bonds. The predicted molar refractivity (Wildman–Crippen MR) is 136 cm³/mol. The third kappa shape index (κ3) is 2.38. The molecule has 0 N–H and O–H groups in total. The average molecular weight is 413 g/mol. The lowest BCUT2D eigenvalue weighted by Gasteiger charge is -2.34. The zero-order valence-corrected chi connectivity index (χ0v) is 18.4. The molecule has 0 radical (unpaired) electrons. The monoisotopic (exact) mass is 412 g/mol. The van der Waals surface area contributed by atoms with Crippen LogP contribution in [-0.4, -0.2) is 9.55 Å². The molecule has 0 bridgehead atoms. The number of pyridine rings is 1. The zero-order chi connectivity index (χ0) is 22.0. The van der Waals surface area contributed by atoms with Gasteiger partial charge in [-0.1, -0.05) is 81.6 Å². The third-order valence-electron chi connectivity index (χ3n) is 6.95. The number of fused-ring (bicyclic) bond motifs is 5. The molecular formula is C30H24N2. The van der Waals surface area contributed by atoms with Crippen molar-refractivity contribution in [3.05, 3.63) is 108 Å². The Bertz CT molecular complexity index is 1580. The van der Waals surface area contributed by atoms with Crippen molar-refractivity contribution >= 4 is 34.0 Å². The van der Waals surface area contributed by atoms with Crippen LogP contribution in [0.2, 0.25) is 0 Å². The molecule has 0 aliphatic carbocycles. The van der Waals surface area contributed by atoms with Crippen molar-refractivity contribution in [1.29, 1.82) is 0 Å². The van der Waals surface area contributed by atoms with Gasteiger partial charge in [0.15, 0.2) is 0 Å². The molecule has 32 heavy (non-hydrogen) atoms. The molecule has 2 aromatic heterocycles. The Morgan fingerprint density at radius 1 is 0.812 bits per heavy atom. The standard InChI is InChI=1S/C30H24N2/c1-5-19-14-16-26(31-25(19)6-2)20-15-17-27-22(18-20)21-10-9-12-24-29(21)32(27)28-13-8-7-11-23(28)30(24,3)4/h5-18H,1-2H2,3-4H3. The second-order valence-corrected chi connectivity index (χ2v) is 8.99. The molecule has 0 atom stereocenters. The Morgan fingerprint density at radius 2 is 1.62 bits per heavy atom. The molecule has 2 nitrogen and oxygen atoms in total. The topological polar surface area (TPSA) is 17.8 Å². The maximum absolute atomic E-state index is 4.84. The van der Waals surface area contributed by atoms with Crippen LogP contribution in [0.1, 0.15) is 36.2 Å². The molecular weight excluding hydrogens is 388 g/mol. The molecule has 1 aliphatic heterocycles. The van der Waals surface area contributed by atoms with E-state index in [0.29, 0.717) is 0 Å². The first-order valence-electron chi connectivity index (χ1n) is 11.0. The third-order valence-corrected chi connectivity index (χ3v) is 6.95. The molecule has 3 heterocycles. The SMILES string of the molecule is C=Cc1ccc(-c2ccc3c(c2)c2cccc4c2n3-c2ccccc2C4(C)C)nc1C=C. The molecule has 5 aromatic rings. The quantitative estimate of drug-likeness (QED) is 0.296. The molecule has 6 rings (SSSR count). The minimum absolute atomic E-state index is 0.0513. The largest absolute Gasteiger partial charge is 0.309 e. The minimum atomic E-state index is -0.0513. The van der Waals surface area contributed by atoms with Crippen molar-refractivity contribution in [2.45, 2.75) is 19.3 Å². The Hall–Kier alpha value is -3.91. The van der Waals surface area contributed by atoms with Gasteiger partial charge in [0, 0.05) is 21.8 Å². The summed E-state index contributed by atoms with van der Waals surface area (Å²) in [6.45, 7) is 12.5.